The molecule has 1 aliphatic carbocycles. The second kappa shape index (κ2) is 10.6. The van der Waals surface area contributed by atoms with Gasteiger partial charge in [-0.3, -0.25) is 0 Å². The lowest BCUT2D eigenvalue weighted by molar-refractivity contribution is 0.0600. The van der Waals surface area contributed by atoms with Gasteiger partial charge >= 0.3 is 12.0 Å². The number of esters is 1. The second-order valence-electron chi connectivity index (χ2n) is 9.84. The molecular formula is C31H31N3O4S. The number of carbonyl (C=O) groups excluding carboxylic acids is 2. The Labute approximate surface area is 232 Å². The fourth-order valence-corrected chi connectivity index (χ4v) is 7.12. The molecule has 2 aromatic heterocycles. The van der Waals surface area contributed by atoms with Crippen LogP contribution in [0.5, 0.6) is 5.75 Å². The van der Waals surface area contributed by atoms with Crippen LogP contribution in [0.3, 0.4) is 0 Å². The number of aryl methyl sites for hydroxylation is 1. The number of rotatable bonds is 5. The molecule has 7 nitrogen and oxygen atoms in total. The number of urea groups is 1. The molecule has 0 unspecified atom stereocenters. The summed E-state index contributed by atoms with van der Waals surface area (Å²) < 4.78 is 13.0. The normalized spacial score (nSPS) is 15.9. The Bertz CT molecular complexity index is 1540. The van der Waals surface area contributed by atoms with Crippen molar-refractivity contribution in [1.29, 1.82) is 0 Å². The molecule has 39 heavy (non-hydrogen) atoms. The van der Waals surface area contributed by atoms with E-state index in [0.717, 1.165) is 29.8 Å². The molecule has 0 saturated carbocycles. The third-order valence-corrected chi connectivity index (χ3v) is 8.79. The number of amides is 2. The van der Waals surface area contributed by atoms with Gasteiger partial charge in [0.25, 0.3) is 0 Å². The quantitative estimate of drug-likeness (QED) is 0.284. The molecule has 1 N–H and O–H groups in total. The average molecular weight is 542 g/mol. The SMILES string of the molecule is CCOc1cccc([C@H]2c3cccn3-c3sc4c(c3CN2C(=O)Nc2cccc(C(=O)OC)c2)CCCC4)c1. The highest BCUT2D eigenvalue weighted by Crippen LogP contribution is 2.44. The molecule has 2 aromatic carbocycles. The summed E-state index contributed by atoms with van der Waals surface area (Å²) >= 11 is 1.86. The van der Waals surface area contributed by atoms with E-state index in [4.69, 9.17) is 9.47 Å². The zero-order chi connectivity index (χ0) is 26.9. The molecule has 6 rings (SSSR count). The Morgan fingerprint density at radius 1 is 1.03 bits per heavy atom. The Kier molecular flexibility index (Phi) is 6.87. The van der Waals surface area contributed by atoms with Crippen molar-refractivity contribution in [3.8, 4) is 10.8 Å². The highest BCUT2D eigenvalue weighted by Gasteiger charge is 2.36. The van der Waals surface area contributed by atoms with E-state index in [2.05, 4.69) is 34.3 Å². The van der Waals surface area contributed by atoms with Crippen LogP contribution in [0, 0.1) is 0 Å². The van der Waals surface area contributed by atoms with Crippen LogP contribution >= 0.6 is 11.3 Å². The summed E-state index contributed by atoms with van der Waals surface area (Å²) in [5.41, 5.74) is 5.55. The molecule has 0 bridgehead atoms. The first-order chi connectivity index (χ1) is 19.1. The maximum Gasteiger partial charge on any atom is 0.337 e. The summed E-state index contributed by atoms with van der Waals surface area (Å²) in [6.45, 7) is 3.01. The van der Waals surface area contributed by atoms with Crippen molar-refractivity contribution < 1.29 is 19.1 Å². The van der Waals surface area contributed by atoms with Gasteiger partial charge in [0.05, 0.1) is 37.6 Å². The summed E-state index contributed by atoms with van der Waals surface area (Å²) in [5, 5.41) is 4.27. The van der Waals surface area contributed by atoms with E-state index >= 15 is 0 Å². The number of nitrogens with zero attached hydrogens (tertiary/aromatic N) is 2. The Morgan fingerprint density at radius 2 is 1.87 bits per heavy atom. The molecule has 0 saturated heterocycles. The van der Waals surface area contributed by atoms with Crippen molar-refractivity contribution in [3.63, 3.8) is 0 Å². The Hall–Kier alpha value is -4.04. The third-order valence-electron chi connectivity index (χ3n) is 7.46. The number of ether oxygens (including phenoxy) is 2. The number of methoxy groups -OCH3 is 1. The topological polar surface area (TPSA) is 72.8 Å². The van der Waals surface area contributed by atoms with Gasteiger partial charge in [-0.2, -0.15) is 0 Å². The van der Waals surface area contributed by atoms with E-state index in [1.165, 1.54) is 41.0 Å². The first kappa shape index (κ1) is 25.2. The van der Waals surface area contributed by atoms with Crippen molar-refractivity contribution in [2.24, 2.45) is 0 Å². The van der Waals surface area contributed by atoms with Gasteiger partial charge in [0.2, 0.25) is 0 Å². The average Bonchev–Trinajstić information content (AvgIpc) is 3.55. The summed E-state index contributed by atoms with van der Waals surface area (Å²) in [4.78, 5) is 29.6. The Morgan fingerprint density at radius 3 is 2.72 bits per heavy atom. The number of nitrogens with one attached hydrogen (secondary N) is 1. The first-order valence-corrected chi connectivity index (χ1v) is 14.2. The number of anilines is 1. The predicted octanol–water partition coefficient (Wildman–Crippen LogP) is 6.74. The molecule has 4 aromatic rings. The molecule has 2 aliphatic rings. The van der Waals surface area contributed by atoms with E-state index in [-0.39, 0.29) is 12.1 Å². The number of hydrogen-bond donors (Lipinski definition) is 1. The lowest BCUT2D eigenvalue weighted by Gasteiger charge is -2.31. The minimum Gasteiger partial charge on any atom is -0.494 e. The molecule has 0 radical (unpaired) electrons. The number of aromatic nitrogens is 1. The summed E-state index contributed by atoms with van der Waals surface area (Å²) in [6.07, 6.45) is 6.62. The number of fused-ring (bicyclic) bond motifs is 5. The Balaban J connectivity index is 1.46. The summed E-state index contributed by atoms with van der Waals surface area (Å²) in [5.74, 6) is 0.328. The van der Waals surface area contributed by atoms with Crippen LogP contribution in [0.4, 0.5) is 10.5 Å². The predicted molar refractivity (Wildman–Crippen MR) is 152 cm³/mol. The van der Waals surface area contributed by atoms with Crippen LogP contribution in [-0.4, -0.2) is 35.2 Å². The van der Waals surface area contributed by atoms with E-state index in [0.29, 0.717) is 24.4 Å². The van der Waals surface area contributed by atoms with Gasteiger partial charge in [-0.15, -0.1) is 11.3 Å². The van der Waals surface area contributed by atoms with Gasteiger partial charge in [-0.05, 0) is 86.2 Å². The highest BCUT2D eigenvalue weighted by atomic mass is 32.1. The van der Waals surface area contributed by atoms with Gasteiger partial charge in [-0.25, -0.2) is 9.59 Å². The number of thiophene rings is 1. The number of carbonyl (C=O) groups is 2. The fraction of sp³-hybridized carbons (Fsp3) is 0.290. The maximum absolute atomic E-state index is 14.2. The standard InChI is InChI=1S/C31H31N3O4S/c1-3-38-23-12-7-9-20(18-23)28-26-14-8-16-33(26)29-25(24-13-4-5-15-27(24)39-29)19-34(28)31(36)32-22-11-6-10-21(17-22)30(35)37-2/h6-12,14,16-18,28H,3-5,13,15,19H2,1-2H3,(H,32,36)/t28-/m0/s1. The first-order valence-electron chi connectivity index (χ1n) is 13.4. The fourth-order valence-electron chi connectivity index (χ4n) is 5.72. The van der Waals surface area contributed by atoms with Gasteiger partial charge in [-0.1, -0.05) is 18.2 Å². The van der Waals surface area contributed by atoms with Gasteiger partial charge < -0.3 is 24.3 Å². The van der Waals surface area contributed by atoms with Gasteiger partial charge in [0, 0.05) is 22.3 Å². The van der Waals surface area contributed by atoms with E-state index < -0.39 is 5.97 Å². The lowest BCUT2D eigenvalue weighted by atomic mass is 9.95. The monoisotopic (exact) mass is 541 g/mol. The molecule has 0 spiro atoms. The van der Waals surface area contributed by atoms with E-state index in [1.54, 1.807) is 24.3 Å². The summed E-state index contributed by atoms with van der Waals surface area (Å²) in [6, 6.07) is 18.4. The van der Waals surface area contributed by atoms with Crippen molar-refractivity contribution >= 4 is 29.0 Å². The zero-order valence-corrected chi connectivity index (χ0v) is 22.9. The van der Waals surface area contributed by atoms with Crippen molar-refractivity contribution in [2.75, 3.05) is 19.0 Å². The van der Waals surface area contributed by atoms with Crippen LogP contribution in [0.1, 0.15) is 63.4 Å². The van der Waals surface area contributed by atoms with E-state index in [1.807, 2.05) is 41.4 Å². The highest BCUT2D eigenvalue weighted by molar-refractivity contribution is 7.15. The molecular weight excluding hydrogens is 510 g/mol. The third kappa shape index (κ3) is 4.69. The van der Waals surface area contributed by atoms with Crippen LogP contribution < -0.4 is 10.1 Å². The molecule has 200 valence electrons. The van der Waals surface area contributed by atoms with Gasteiger partial charge in [0.1, 0.15) is 10.8 Å². The zero-order valence-electron chi connectivity index (χ0n) is 22.1. The summed E-state index contributed by atoms with van der Waals surface area (Å²) in [7, 11) is 1.35. The molecule has 1 aliphatic heterocycles. The minimum absolute atomic E-state index is 0.236. The molecule has 3 heterocycles. The van der Waals surface area contributed by atoms with Crippen molar-refractivity contribution in [3.05, 3.63) is 99.7 Å². The largest absolute Gasteiger partial charge is 0.494 e. The number of benzene rings is 2. The van der Waals surface area contributed by atoms with E-state index in [9.17, 15) is 9.59 Å². The second-order valence-corrected chi connectivity index (χ2v) is 10.9. The van der Waals surface area contributed by atoms with Crippen LogP contribution in [0.25, 0.3) is 5.00 Å². The minimum atomic E-state index is -0.446. The number of hydrogen-bond acceptors (Lipinski definition) is 5. The van der Waals surface area contributed by atoms with Crippen molar-refractivity contribution in [1.82, 2.24) is 9.47 Å². The van der Waals surface area contributed by atoms with Crippen LogP contribution in [0.15, 0.2) is 66.9 Å². The molecule has 1 atom stereocenters. The van der Waals surface area contributed by atoms with Crippen LogP contribution in [0.2, 0.25) is 0 Å². The lowest BCUT2D eigenvalue weighted by Crippen LogP contribution is -2.38. The molecule has 2 amide bonds. The molecule has 8 heteroatoms. The molecule has 0 fully saturated rings. The van der Waals surface area contributed by atoms with Crippen molar-refractivity contribution in [2.45, 2.75) is 45.2 Å². The van der Waals surface area contributed by atoms with Gasteiger partial charge in [0.15, 0.2) is 0 Å². The maximum atomic E-state index is 14.2. The van der Waals surface area contributed by atoms with Crippen LogP contribution in [-0.2, 0) is 24.1 Å². The smallest absolute Gasteiger partial charge is 0.337 e.